The number of carbonyl (C=O) groups is 1. The maximum absolute atomic E-state index is 12.9. The van der Waals surface area contributed by atoms with Gasteiger partial charge in [-0.15, -0.1) is 10.2 Å². The topological polar surface area (TPSA) is 87.0 Å². The zero-order valence-corrected chi connectivity index (χ0v) is 13.7. The normalized spacial score (nSPS) is 14.2. The maximum atomic E-state index is 12.9. The molecule has 2 N–H and O–H groups in total. The van der Waals surface area contributed by atoms with Crippen molar-refractivity contribution in [2.75, 3.05) is 6.54 Å². The van der Waals surface area contributed by atoms with Crippen LogP contribution in [0.5, 0.6) is 0 Å². The van der Waals surface area contributed by atoms with Crippen LogP contribution in [-0.4, -0.2) is 42.2 Å². The molecule has 0 radical (unpaired) electrons. The Labute approximate surface area is 138 Å². The number of aromatic nitrogens is 4. The Balaban J connectivity index is 1.63. The molecule has 1 aromatic carbocycles. The zero-order valence-electron chi connectivity index (χ0n) is 13.7. The van der Waals surface area contributed by atoms with Crippen LogP contribution in [0.15, 0.2) is 18.2 Å². The minimum Gasteiger partial charge on any atom is -0.388 e. The van der Waals surface area contributed by atoms with Gasteiger partial charge in [-0.25, -0.2) is 0 Å². The Bertz CT molecular complexity index is 940. The lowest BCUT2D eigenvalue weighted by molar-refractivity contribution is 0.0705. The molecule has 0 spiro atoms. The minimum atomic E-state index is -0.135. The van der Waals surface area contributed by atoms with E-state index >= 15 is 0 Å². The van der Waals surface area contributed by atoms with Crippen LogP contribution in [0, 0.1) is 13.8 Å². The van der Waals surface area contributed by atoms with Gasteiger partial charge in [0.15, 0.2) is 11.6 Å². The van der Waals surface area contributed by atoms with E-state index in [0.29, 0.717) is 36.8 Å². The Kier molecular flexibility index (Phi) is 3.38. The monoisotopic (exact) mass is 325 g/mol. The number of aryl methyl sites for hydroxylation is 2. The van der Waals surface area contributed by atoms with Crippen molar-refractivity contribution >= 4 is 16.8 Å². The van der Waals surface area contributed by atoms with Gasteiger partial charge in [0.1, 0.15) is 6.61 Å². The molecule has 3 aromatic rings. The second kappa shape index (κ2) is 5.45. The average Bonchev–Trinajstić information content (AvgIpc) is 3.14. The number of nitrogens with zero attached hydrogens (tertiary/aromatic N) is 4. The predicted octanol–water partition coefficient (Wildman–Crippen LogP) is 1.52. The van der Waals surface area contributed by atoms with Crippen LogP contribution in [0.2, 0.25) is 0 Å². The Hall–Kier alpha value is -2.67. The lowest BCUT2D eigenvalue weighted by Crippen LogP contribution is -2.38. The minimum absolute atomic E-state index is 0.00467. The van der Waals surface area contributed by atoms with Crippen molar-refractivity contribution < 1.29 is 9.90 Å². The van der Waals surface area contributed by atoms with Crippen molar-refractivity contribution in [3.05, 3.63) is 46.7 Å². The van der Waals surface area contributed by atoms with Gasteiger partial charge in [0.2, 0.25) is 0 Å². The molecule has 0 saturated heterocycles. The number of rotatable bonds is 2. The van der Waals surface area contributed by atoms with Crippen molar-refractivity contribution in [3.63, 3.8) is 0 Å². The smallest absolute Gasteiger partial charge is 0.254 e. The number of aromatic amines is 1. The van der Waals surface area contributed by atoms with Crippen molar-refractivity contribution in [2.45, 2.75) is 33.5 Å². The highest BCUT2D eigenvalue weighted by atomic mass is 16.3. The summed E-state index contributed by atoms with van der Waals surface area (Å²) in [5, 5.41) is 18.4. The van der Waals surface area contributed by atoms with E-state index in [0.717, 1.165) is 16.6 Å². The summed E-state index contributed by atoms with van der Waals surface area (Å²) in [5.41, 5.74) is 4.02. The van der Waals surface area contributed by atoms with Crippen LogP contribution >= 0.6 is 0 Å². The number of H-pyrrole nitrogens is 1. The molecule has 2 aromatic heterocycles. The number of hydrogen-bond acceptors (Lipinski definition) is 4. The molecule has 7 heteroatoms. The second-order valence-electron chi connectivity index (χ2n) is 6.20. The summed E-state index contributed by atoms with van der Waals surface area (Å²) in [7, 11) is 0. The molecular weight excluding hydrogens is 306 g/mol. The van der Waals surface area contributed by atoms with Crippen molar-refractivity contribution in [1.29, 1.82) is 0 Å². The first kappa shape index (κ1) is 14.9. The van der Waals surface area contributed by atoms with Gasteiger partial charge in [-0.1, -0.05) is 0 Å². The third-order valence-electron chi connectivity index (χ3n) is 4.81. The van der Waals surface area contributed by atoms with Gasteiger partial charge in [0.25, 0.3) is 5.91 Å². The highest BCUT2D eigenvalue weighted by Gasteiger charge is 2.25. The molecule has 0 fully saturated rings. The van der Waals surface area contributed by atoms with E-state index < -0.39 is 0 Å². The van der Waals surface area contributed by atoms with E-state index in [9.17, 15) is 9.90 Å². The van der Waals surface area contributed by atoms with Gasteiger partial charge in [-0.2, -0.15) is 0 Å². The van der Waals surface area contributed by atoms with Crippen molar-refractivity contribution in [2.24, 2.45) is 0 Å². The molecule has 3 heterocycles. The van der Waals surface area contributed by atoms with Crippen molar-refractivity contribution in [3.8, 4) is 0 Å². The fraction of sp³-hybridized carbons (Fsp3) is 0.353. The summed E-state index contributed by atoms with van der Waals surface area (Å²) < 4.78 is 1.88. The van der Waals surface area contributed by atoms with E-state index in [1.165, 1.54) is 5.56 Å². The van der Waals surface area contributed by atoms with Gasteiger partial charge in [0.05, 0.1) is 6.54 Å². The third-order valence-corrected chi connectivity index (χ3v) is 4.81. The molecule has 1 amide bonds. The van der Waals surface area contributed by atoms with E-state index in [4.69, 9.17) is 0 Å². The molecule has 0 atom stereocenters. The quantitative estimate of drug-likeness (QED) is 0.748. The molecular formula is C17H19N5O2. The lowest BCUT2D eigenvalue weighted by Gasteiger charge is -2.27. The van der Waals surface area contributed by atoms with Gasteiger partial charge in [0, 0.05) is 35.2 Å². The first-order chi connectivity index (χ1) is 11.6. The molecule has 24 heavy (non-hydrogen) atoms. The average molecular weight is 325 g/mol. The van der Waals surface area contributed by atoms with E-state index in [2.05, 4.69) is 22.1 Å². The number of benzene rings is 1. The van der Waals surface area contributed by atoms with Gasteiger partial charge < -0.3 is 19.6 Å². The molecule has 1 aliphatic heterocycles. The number of aliphatic hydroxyl groups is 1. The largest absolute Gasteiger partial charge is 0.388 e. The number of nitrogens with one attached hydrogen (secondary N) is 1. The van der Waals surface area contributed by atoms with Gasteiger partial charge >= 0.3 is 0 Å². The summed E-state index contributed by atoms with van der Waals surface area (Å²) in [4.78, 5) is 18.0. The second-order valence-corrected chi connectivity index (χ2v) is 6.20. The zero-order chi connectivity index (χ0) is 16.8. The van der Waals surface area contributed by atoms with Crippen LogP contribution in [0.1, 0.15) is 33.3 Å². The van der Waals surface area contributed by atoms with Crippen LogP contribution in [0.4, 0.5) is 0 Å². The Morgan fingerprint density at radius 3 is 2.92 bits per heavy atom. The first-order valence-corrected chi connectivity index (χ1v) is 7.98. The number of fused-ring (bicyclic) bond motifs is 2. The van der Waals surface area contributed by atoms with Gasteiger partial charge in [-0.05, 0) is 37.6 Å². The van der Waals surface area contributed by atoms with Crippen molar-refractivity contribution in [1.82, 2.24) is 24.6 Å². The fourth-order valence-corrected chi connectivity index (χ4v) is 3.29. The molecule has 0 saturated carbocycles. The first-order valence-electron chi connectivity index (χ1n) is 7.98. The Morgan fingerprint density at radius 1 is 1.29 bits per heavy atom. The van der Waals surface area contributed by atoms with Crippen LogP contribution in [-0.2, 0) is 19.7 Å². The van der Waals surface area contributed by atoms with Crippen LogP contribution in [0.3, 0.4) is 0 Å². The molecule has 124 valence electrons. The standard InChI is InChI=1S/C17H19N5O2/c1-10-11(2)18-14-4-3-12(7-13(10)14)17(24)21-5-6-22-15(8-21)19-20-16(22)9-23/h3-4,7,18,23H,5-6,8-9H2,1-2H3. The predicted molar refractivity (Wildman–Crippen MR) is 88.5 cm³/mol. The summed E-state index contributed by atoms with van der Waals surface area (Å²) in [6.07, 6.45) is 0. The van der Waals surface area contributed by atoms with E-state index in [1.807, 2.05) is 29.7 Å². The number of hydrogen-bond donors (Lipinski definition) is 2. The molecule has 4 rings (SSSR count). The van der Waals surface area contributed by atoms with E-state index in [-0.39, 0.29) is 12.5 Å². The summed E-state index contributed by atoms with van der Waals surface area (Å²) in [6.45, 7) is 5.56. The third kappa shape index (κ3) is 2.20. The van der Waals surface area contributed by atoms with Crippen LogP contribution < -0.4 is 0 Å². The van der Waals surface area contributed by atoms with Crippen LogP contribution in [0.25, 0.3) is 10.9 Å². The molecule has 0 unspecified atom stereocenters. The molecule has 0 bridgehead atoms. The number of carbonyl (C=O) groups excluding carboxylic acids is 1. The summed E-state index contributed by atoms with van der Waals surface area (Å²) in [5.74, 6) is 1.26. The fourth-order valence-electron chi connectivity index (χ4n) is 3.29. The highest BCUT2D eigenvalue weighted by molar-refractivity contribution is 5.99. The molecule has 7 nitrogen and oxygen atoms in total. The lowest BCUT2D eigenvalue weighted by atomic mass is 10.1. The summed E-state index contributed by atoms with van der Waals surface area (Å²) >= 11 is 0. The SMILES string of the molecule is Cc1[nH]c2ccc(C(=O)N3CCn4c(CO)nnc4C3)cc2c1C. The Morgan fingerprint density at radius 2 is 2.12 bits per heavy atom. The van der Waals surface area contributed by atoms with E-state index in [1.54, 1.807) is 4.90 Å². The maximum Gasteiger partial charge on any atom is 0.254 e. The summed E-state index contributed by atoms with van der Waals surface area (Å²) in [6, 6.07) is 5.77. The number of amides is 1. The van der Waals surface area contributed by atoms with Gasteiger partial charge in [-0.3, -0.25) is 4.79 Å². The highest BCUT2D eigenvalue weighted by Crippen LogP contribution is 2.24. The molecule has 1 aliphatic rings. The number of aliphatic hydroxyl groups excluding tert-OH is 1. The molecule has 0 aliphatic carbocycles.